The van der Waals surface area contributed by atoms with Gasteiger partial charge in [-0.05, 0) is 37.4 Å². The van der Waals surface area contributed by atoms with Crippen molar-refractivity contribution in [1.29, 1.82) is 0 Å². The van der Waals surface area contributed by atoms with Crippen molar-refractivity contribution in [1.82, 2.24) is 0 Å². The van der Waals surface area contributed by atoms with Crippen LogP contribution in [0.5, 0.6) is 0 Å². The van der Waals surface area contributed by atoms with Crippen molar-refractivity contribution < 1.29 is 0 Å². The van der Waals surface area contributed by atoms with E-state index < -0.39 is 0 Å². The summed E-state index contributed by atoms with van der Waals surface area (Å²) in [5.41, 5.74) is 7.93. The molecule has 0 aliphatic heterocycles. The first kappa shape index (κ1) is 12.3. The van der Waals surface area contributed by atoms with Crippen LogP contribution in [0.2, 0.25) is 5.02 Å². The minimum Gasteiger partial charge on any atom is -0.376 e. The standard InChI is InChI=1S/C12H19ClN2/c1-15(2)12-10(6-3-4-9-14)7-5-8-11(12)13/h5,7-8H,3-4,6,9,14H2,1-2H3. The second kappa shape index (κ2) is 5.99. The summed E-state index contributed by atoms with van der Waals surface area (Å²) in [5, 5.41) is 0.824. The fourth-order valence-corrected chi connectivity index (χ4v) is 2.09. The lowest BCUT2D eigenvalue weighted by atomic mass is 10.1. The first-order valence-electron chi connectivity index (χ1n) is 5.31. The zero-order chi connectivity index (χ0) is 11.3. The molecular weight excluding hydrogens is 208 g/mol. The van der Waals surface area contributed by atoms with Gasteiger partial charge in [0.1, 0.15) is 0 Å². The molecule has 0 radical (unpaired) electrons. The van der Waals surface area contributed by atoms with Crippen LogP contribution in [0, 0.1) is 0 Å². The fraction of sp³-hybridized carbons (Fsp3) is 0.500. The van der Waals surface area contributed by atoms with Crippen molar-refractivity contribution in [2.24, 2.45) is 5.73 Å². The van der Waals surface area contributed by atoms with Crippen molar-refractivity contribution in [3.05, 3.63) is 28.8 Å². The molecule has 0 amide bonds. The monoisotopic (exact) mass is 226 g/mol. The van der Waals surface area contributed by atoms with Gasteiger partial charge in [-0.1, -0.05) is 23.7 Å². The van der Waals surface area contributed by atoms with Crippen molar-refractivity contribution in [3.8, 4) is 0 Å². The summed E-state index contributed by atoms with van der Waals surface area (Å²) in [6.45, 7) is 0.762. The molecule has 2 nitrogen and oxygen atoms in total. The quantitative estimate of drug-likeness (QED) is 0.783. The Kier molecular flexibility index (Phi) is 4.92. The number of nitrogens with zero attached hydrogens (tertiary/aromatic N) is 1. The molecule has 0 aromatic heterocycles. The molecule has 1 aromatic carbocycles. The maximum atomic E-state index is 6.17. The number of aryl methyl sites for hydroxylation is 1. The largest absolute Gasteiger partial charge is 0.376 e. The zero-order valence-electron chi connectivity index (χ0n) is 9.46. The normalized spacial score (nSPS) is 10.4. The van der Waals surface area contributed by atoms with E-state index >= 15 is 0 Å². The van der Waals surface area contributed by atoms with Crippen LogP contribution in [0.15, 0.2) is 18.2 Å². The molecule has 0 bridgehead atoms. The van der Waals surface area contributed by atoms with Crippen LogP contribution in [0.4, 0.5) is 5.69 Å². The first-order valence-corrected chi connectivity index (χ1v) is 5.69. The lowest BCUT2D eigenvalue weighted by Crippen LogP contribution is -2.12. The van der Waals surface area contributed by atoms with Gasteiger partial charge in [0.25, 0.3) is 0 Å². The topological polar surface area (TPSA) is 29.3 Å². The Bertz CT molecular complexity index is 310. The van der Waals surface area contributed by atoms with Gasteiger partial charge in [-0.2, -0.15) is 0 Å². The minimum atomic E-state index is 0.762. The second-order valence-corrected chi connectivity index (χ2v) is 4.29. The maximum Gasteiger partial charge on any atom is 0.0642 e. The zero-order valence-corrected chi connectivity index (χ0v) is 10.2. The van der Waals surface area contributed by atoms with E-state index in [-0.39, 0.29) is 0 Å². The summed E-state index contributed by atoms with van der Waals surface area (Å²) >= 11 is 6.17. The molecule has 0 saturated heterocycles. The van der Waals surface area contributed by atoms with Crippen molar-refractivity contribution in [3.63, 3.8) is 0 Å². The highest BCUT2D eigenvalue weighted by molar-refractivity contribution is 6.33. The Labute approximate surface area is 97.0 Å². The van der Waals surface area contributed by atoms with Crippen LogP contribution in [-0.2, 0) is 6.42 Å². The van der Waals surface area contributed by atoms with Crippen LogP contribution >= 0.6 is 11.6 Å². The number of rotatable bonds is 5. The number of hydrogen-bond donors (Lipinski definition) is 1. The van der Waals surface area contributed by atoms with Gasteiger partial charge in [0, 0.05) is 14.1 Å². The Morgan fingerprint density at radius 1 is 1.27 bits per heavy atom. The Hall–Kier alpha value is -0.730. The van der Waals surface area contributed by atoms with Crippen LogP contribution in [0.1, 0.15) is 18.4 Å². The number of para-hydroxylation sites is 1. The summed E-state index contributed by atoms with van der Waals surface area (Å²) in [7, 11) is 4.04. The van der Waals surface area contributed by atoms with Crippen LogP contribution in [-0.4, -0.2) is 20.6 Å². The molecule has 84 valence electrons. The van der Waals surface area contributed by atoms with Gasteiger partial charge in [-0.15, -0.1) is 0 Å². The van der Waals surface area contributed by atoms with Gasteiger partial charge in [-0.25, -0.2) is 0 Å². The molecule has 0 fully saturated rings. The SMILES string of the molecule is CN(C)c1c(Cl)cccc1CCCCN. The van der Waals surface area contributed by atoms with Gasteiger partial charge in [0.05, 0.1) is 10.7 Å². The van der Waals surface area contributed by atoms with Crippen molar-refractivity contribution >= 4 is 17.3 Å². The molecule has 0 heterocycles. The van der Waals surface area contributed by atoms with Crippen LogP contribution in [0.25, 0.3) is 0 Å². The predicted molar refractivity (Wildman–Crippen MR) is 67.8 cm³/mol. The Morgan fingerprint density at radius 2 is 2.00 bits per heavy atom. The number of unbranched alkanes of at least 4 members (excludes halogenated alkanes) is 1. The molecule has 2 N–H and O–H groups in total. The first-order chi connectivity index (χ1) is 7.16. The summed E-state index contributed by atoms with van der Waals surface area (Å²) in [5.74, 6) is 0. The summed E-state index contributed by atoms with van der Waals surface area (Å²) in [6, 6.07) is 6.08. The van der Waals surface area contributed by atoms with Crippen molar-refractivity contribution in [2.75, 3.05) is 25.5 Å². The number of hydrogen-bond acceptors (Lipinski definition) is 2. The molecule has 0 atom stereocenters. The Morgan fingerprint density at radius 3 is 2.60 bits per heavy atom. The van der Waals surface area contributed by atoms with Gasteiger partial charge in [0.15, 0.2) is 0 Å². The van der Waals surface area contributed by atoms with E-state index in [1.165, 1.54) is 5.56 Å². The number of halogens is 1. The van der Waals surface area contributed by atoms with Crippen LogP contribution in [0.3, 0.4) is 0 Å². The smallest absolute Gasteiger partial charge is 0.0642 e. The second-order valence-electron chi connectivity index (χ2n) is 3.89. The molecule has 15 heavy (non-hydrogen) atoms. The van der Waals surface area contributed by atoms with Crippen molar-refractivity contribution in [2.45, 2.75) is 19.3 Å². The molecule has 1 aromatic rings. The highest BCUT2D eigenvalue weighted by Gasteiger charge is 2.07. The number of benzene rings is 1. The van der Waals surface area contributed by atoms with Gasteiger partial charge in [0.2, 0.25) is 0 Å². The Balaban J connectivity index is 2.81. The van der Waals surface area contributed by atoms with Gasteiger partial charge < -0.3 is 10.6 Å². The molecule has 0 aliphatic carbocycles. The van der Waals surface area contributed by atoms with E-state index in [4.69, 9.17) is 17.3 Å². The minimum absolute atomic E-state index is 0.762. The number of anilines is 1. The predicted octanol–water partition coefficient (Wildman–Crippen LogP) is 2.69. The van der Waals surface area contributed by atoms with E-state index in [9.17, 15) is 0 Å². The number of nitrogens with two attached hydrogens (primary N) is 1. The molecule has 0 aliphatic rings. The van der Waals surface area contributed by atoms with Crippen LogP contribution < -0.4 is 10.6 Å². The van der Waals surface area contributed by atoms with E-state index in [0.29, 0.717) is 0 Å². The van der Waals surface area contributed by atoms with E-state index in [1.807, 2.05) is 26.2 Å². The maximum absolute atomic E-state index is 6.17. The highest BCUT2D eigenvalue weighted by Crippen LogP contribution is 2.29. The summed E-state index contributed by atoms with van der Waals surface area (Å²) < 4.78 is 0. The molecule has 0 spiro atoms. The highest BCUT2D eigenvalue weighted by atomic mass is 35.5. The fourth-order valence-electron chi connectivity index (χ4n) is 1.72. The van der Waals surface area contributed by atoms with Gasteiger partial charge >= 0.3 is 0 Å². The summed E-state index contributed by atoms with van der Waals surface area (Å²) in [4.78, 5) is 2.07. The average molecular weight is 227 g/mol. The van der Waals surface area contributed by atoms with E-state index in [1.54, 1.807) is 0 Å². The van der Waals surface area contributed by atoms with Gasteiger partial charge in [-0.3, -0.25) is 0 Å². The third kappa shape index (κ3) is 3.40. The molecule has 0 saturated carbocycles. The molecule has 0 unspecified atom stereocenters. The lowest BCUT2D eigenvalue weighted by Gasteiger charge is -2.19. The molecule has 3 heteroatoms. The van der Waals surface area contributed by atoms with E-state index in [2.05, 4.69) is 11.0 Å². The average Bonchev–Trinajstić information content (AvgIpc) is 2.17. The molecular formula is C12H19ClN2. The van der Waals surface area contributed by atoms with E-state index in [0.717, 1.165) is 36.5 Å². The molecule has 1 rings (SSSR count). The third-order valence-corrected chi connectivity index (χ3v) is 2.72. The third-order valence-electron chi connectivity index (χ3n) is 2.42. The lowest BCUT2D eigenvalue weighted by molar-refractivity contribution is 0.744. The summed E-state index contributed by atoms with van der Waals surface area (Å²) in [6.07, 6.45) is 3.24.